The molecule has 1 N–H and O–H groups in total. The lowest BCUT2D eigenvalue weighted by Gasteiger charge is -2.31. The van der Waals surface area contributed by atoms with Crippen LogP contribution in [0.3, 0.4) is 0 Å². The quantitative estimate of drug-likeness (QED) is 0.852. The second-order valence-electron chi connectivity index (χ2n) is 6.50. The maximum absolute atomic E-state index is 13.3. The van der Waals surface area contributed by atoms with Gasteiger partial charge in [-0.2, -0.15) is 0 Å². The second kappa shape index (κ2) is 6.44. The van der Waals surface area contributed by atoms with Gasteiger partial charge in [0.2, 0.25) is 5.90 Å². The van der Waals surface area contributed by atoms with E-state index >= 15 is 0 Å². The van der Waals surface area contributed by atoms with Crippen molar-refractivity contribution in [3.05, 3.63) is 58.6 Å². The van der Waals surface area contributed by atoms with Gasteiger partial charge in [0.25, 0.3) is 0 Å². The molecule has 0 aromatic heterocycles. The van der Waals surface area contributed by atoms with Crippen molar-refractivity contribution in [2.75, 3.05) is 13.7 Å². The topological polar surface area (TPSA) is 57.4 Å². The molecule has 1 aromatic rings. The van der Waals surface area contributed by atoms with Gasteiger partial charge in [-0.1, -0.05) is 6.08 Å². The van der Waals surface area contributed by atoms with Crippen molar-refractivity contribution in [3.63, 3.8) is 0 Å². The van der Waals surface area contributed by atoms with E-state index in [0.29, 0.717) is 11.7 Å². The zero-order chi connectivity index (χ0) is 18.2. The number of likely N-dealkylation sites (N-methyl/N-ethyl adjacent to an activating group) is 1. The summed E-state index contributed by atoms with van der Waals surface area (Å²) in [6, 6.07) is 4.59. The monoisotopic (exact) mass is 343 g/mol. The maximum atomic E-state index is 13.3. The number of aliphatic imine (C=N–C) groups is 1. The zero-order valence-corrected chi connectivity index (χ0v) is 14.9. The Bertz CT molecular complexity index is 826. The summed E-state index contributed by atoms with van der Waals surface area (Å²) >= 11 is 0. The first-order valence-electron chi connectivity index (χ1n) is 8.26. The lowest BCUT2D eigenvalue weighted by molar-refractivity contribution is 0.318. The summed E-state index contributed by atoms with van der Waals surface area (Å²) < 4.78 is 19.2. The predicted octanol–water partition coefficient (Wildman–Crippen LogP) is 3.14. The third kappa shape index (κ3) is 3.35. The summed E-state index contributed by atoms with van der Waals surface area (Å²) in [5, 5.41) is 13.8. The Morgan fingerprint density at radius 1 is 1.40 bits per heavy atom. The number of hydrogen-bond donors (Lipinski definition) is 1. The highest BCUT2D eigenvalue weighted by molar-refractivity contribution is 6.07. The number of rotatable bonds is 1. The van der Waals surface area contributed by atoms with Crippen LogP contribution in [0.25, 0.3) is 0 Å². The van der Waals surface area contributed by atoms with Gasteiger partial charge in [-0.15, -0.1) is 5.10 Å². The molecule has 25 heavy (non-hydrogen) atoms. The van der Waals surface area contributed by atoms with E-state index < -0.39 is 0 Å². The third-order valence-corrected chi connectivity index (χ3v) is 4.13. The first kappa shape index (κ1) is 17.4. The summed E-state index contributed by atoms with van der Waals surface area (Å²) in [6.07, 6.45) is 5.07. The number of hydrazone groups is 1. The molecular formula is C19H22FN3O2. The number of hydrogen-bond acceptors (Lipinski definition) is 5. The first-order valence-corrected chi connectivity index (χ1v) is 8.26. The fourth-order valence-electron chi connectivity index (χ4n) is 3.07. The summed E-state index contributed by atoms with van der Waals surface area (Å²) in [7, 11) is 1.85. The van der Waals surface area contributed by atoms with E-state index in [1.54, 1.807) is 18.0 Å². The fourth-order valence-corrected chi connectivity index (χ4v) is 3.07. The predicted molar refractivity (Wildman–Crippen MR) is 95.9 cm³/mol. The average Bonchev–Trinajstić information content (AvgIpc) is 2.73. The average molecular weight is 343 g/mol. The number of benzene rings is 1. The first-order chi connectivity index (χ1) is 11.8. The van der Waals surface area contributed by atoms with E-state index in [9.17, 15) is 4.39 Å². The highest BCUT2D eigenvalue weighted by atomic mass is 19.1. The molecule has 1 atom stereocenters. The van der Waals surface area contributed by atoms with Crippen molar-refractivity contribution in [1.82, 2.24) is 5.01 Å². The molecular weight excluding hydrogens is 321 g/mol. The molecule has 5 rings (SSSR count). The molecule has 6 heteroatoms. The van der Waals surface area contributed by atoms with Crippen LogP contribution in [0, 0.1) is 12.7 Å². The molecule has 4 aliphatic rings. The van der Waals surface area contributed by atoms with Gasteiger partial charge in [0.05, 0.1) is 5.54 Å². The minimum atomic E-state index is -0.263. The molecule has 0 amide bonds. The van der Waals surface area contributed by atoms with Crippen LogP contribution in [0.4, 0.5) is 4.39 Å². The zero-order valence-electron chi connectivity index (χ0n) is 14.9. The largest absolute Gasteiger partial charge is 0.433 e. The second-order valence-corrected chi connectivity index (χ2v) is 6.50. The number of aliphatic hydroxyl groups excluding tert-OH is 1. The Morgan fingerprint density at radius 3 is 2.72 bits per heavy atom. The van der Waals surface area contributed by atoms with E-state index in [4.69, 9.17) is 14.8 Å². The Kier molecular flexibility index (Phi) is 4.47. The molecule has 0 fully saturated rings. The van der Waals surface area contributed by atoms with Crippen molar-refractivity contribution in [1.29, 1.82) is 0 Å². The lowest BCUT2D eigenvalue weighted by atomic mass is 9.81. The van der Waals surface area contributed by atoms with E-state index in [2.05, 4.69) is 18.1 Å². The van der Waals surface area contributed by atoms with Gasteiger partial charge in [-0.3, -0.25) is 4.99 Å². The van der Waals surface area contributed by atoms with E-state index in [0.717, 1.165) is 23.4 Å². The number of ether oxygens (including phenoxy) is 1. The smallest absolute Gasteiger partial charge is 0.244 e. The van der Waals surface area contributed by atoms with Crippen LogP contribution in [-0.4, -0.2) is 41.0 Å². The van der Waals surface area contributed by atoms with E-state index in [-0.39, 0.29) is 18.0 Å². The van der Waals surface area contributed by atoms with Crippen LogP contribution in [0.15, 0.2) is 51.8 Å². The lowest BCUT2D eigenvalue weighted by Crippen LogP contribution is -2.35. The number of allylic oxidation sites excluding steroid dienone is 1. The molecule has 3 heterocycles. The summed E-state index contributed by atoms with van der Waals surface area (Å²) in [5.41, 5.74) is 2.64. The fraction of sp³-hybridized carbons (Fsp3) is 0.368. The van der Waals surface area contributed by atoms with Crippen molar-refractivity contribution in [3.8, 4) is 0 Å². The number of halogens is 1. The Hall–Kier alpha value is -2.47. The number of nitrogens with zero attached hydrogens (tertiary/aromatic N) is 3. The van der Waals surface area contributed by atoms with Crippen LogP contribution in [0.2, 0.25) is 0 Å². The van der Waals surface area contributed by atoms with Gasteiger partial charge in [0.1, 0.15) is 5.82 Å². The normalized spacial score (nSPS) is 23.4. The van der Waals surface area contributed by atoms with Gasteiger partial charge in [-0.05, 0) is 56.2 Å². The standard InChI is InChI=1S/C17H16FN3O.C2H6O/c1-10-6-12(18)4-5-13(10)16-20-21(3)15-14(22-16)7-11-8-17(2,9-11)19-15;1-2-3/h4-8H,9H2,1-3H3;3H,2H2,1H3. The van der Waals surface area contributed by atoms with Crippen LogP contribution in [0.1, 0.15) is 31.4 Å². The molecule has 132 valence electrons. The van der Waals surface area contributed by atoms with Crippen LogP contribution in [-0.2, 0) is 4.74 Å². The summed E-state index contributed by atoms with van der Waals surface area (Å²) in [5.74, 6) is 1.63. The van der Waals surface area contributed by atoms with Crippen LogP contribution < -0.4 is 0 Å². The molecule has 5 nitrogen and oxygen atoms in total. The number of aliphatic hydroxyl groups is 1. The highest BCUT2D eigenvalue weighted by Gasteiger charge is 2.38. The van der Waals surface area contributed by atoms with Crippen molar-refractivity contribution in [2.45, 2.75) is 32.7 Å². The molecule has 0 saturated carbocycles. The summed E-state index contributed by atoms with van der Waals surface area (Å²) in [4.78, 5) is 4.75. The Morgan fingerprint density at radius 2 is 2.08 bits per heavy atom. The highest BCUT2D eigenvalue weighted by Crippen LogP contribution is 2.39. The SMILES string of the molecule is CCO.Cc1cc(F)ccc1C1=NN(C)C2=NC3(C)C=C(C=C2O1)C3. The van der Waals surface area contributed by atoms with Crippen LogP contribution in [0.5, 0.6) is 0 Å². The van der Waals surface area contributed by atoms with Gasteiger partial charge >= 0.3 is 0 Å². The molecule has 1 unspecified atom stereocenters. The van der Waals surface area contributed by atoms with Gasteiger partial charge in [-0.25, -0.2) is 9.40 Å². The molecule has 1 aliphatic carbocycles. The Labute approximate surface area is 146 Å². The molecule has 3 aliphatic heterocycles. The van der Waals surface area contributed by atoms with Crippen molar-refractivity contribution in [2.24, 2.45) is 10.1 Å². The molecule has 0 spiro atoms. The van der Waals surface area contributed by atoms with Gasteiger partial charge in [0.15, 0.2) is 11.6 Å². The van der Waals surface area contributed by atoms with Gasteiger partial charge < -0.3 is 9.84 Å². The molecule has 1 aromatic carbocycles. The van der Waals surface area contributed by atoms with Crippen molar-refractivity contribution >= 4 is 11.7 Å². The summed E-state index contributed by atoms with van der Waals surface area (Å²) in [6.45, 7) is 5.87. The molecule has 0 radical (unpaired) electrons. The minimum Gasteiger partial charge on any atom is -0.433 e. The van der Waals surface area contributed by atoms with Crippen LogP contribution >= 0.6 is 0 Å². The Balaban J connectivity index is 0.000000569. The number of amidine groups is 1. The third-order valence-electron chi connectivity index (χ3n) is 4.13. The van der Waals surface area contributed by atoms with Gasteiger partial charge in [0, 0.05) is 25.6 Å². The molecule has 0 saturated heterocycles. The van der Waals surface area contributed by atoms with Crippen molar-refractivity contribution < 1.29 is 14.2 Å². The number of aryl methyl sites for hydroxylation is 1. The molecule has 2 bridgehead atoms. The minimum absolute atomic E-state index is 0.153. The van der Waals surface area contributed by atoms with E-state index in [1.165, 1.54) is 17.7 Å². The maximum Gasteiger partial charge on any atom is 0.244 e. The van der Waals surface area contributed by atoms with E-state index in [1.807, 2.05) is 20.0 Å².